The molecule has 0 saturated heterocycles. The Morgan fingerprint density at radius 1 is 1.19 bits per heavy atom. The summed E-state index contributed by atoms with van der Waals surface area (Å²) in [6.07, 6.45) is 3.49. The Labute approximate surface area is 130 Å². The van der Waals surface area contributed by atoms with Crippen LogP contribution < -0.4 is 10.1 Å². The topological polar surface area (TPSA) is 38.3 Å². The van der Waals surface area contributed by atoms with E-state index in [0.717, 1.165) is 36.4 Å². The van der Waals surface area contributed by atoms with Crippen LogP contribution in [0, 0.1) is 0 Å². The van der Waals surface area contributed by atoms with Gasteiger partial charge in [0, 0.05) is 11.4 Å². The van der Waals surface area contributed by atoms with Crippen LogP contribution in [0.25, 0.3) is 0 Å². The van der Waals surface area contributed by atoms with Gasteiger partial charge >= 0.3 is 0 Å². The SMILES string of the molecule is COc1ccccc1CCCCNC(=O)Cc1cccs1. The third-order valence-electron chi connectivity index (χ3n) is 3.30. The number of benzene rings is 1. The molecule has 2 aromatic rings. The van der Waals surface area contributed by atoms with E-state index in [1.165, 1.54) is 5.56 Å². The van der Waals surface area contributed by atoms with Crippen molar-refractivity contribution in [2.45, 2.75) is 25.7 Å². The van der Waals surface area contributed by atoms with E-state index in [4.69, 9.17) is 4.74 Å². The summed E-state index contributed by atoms with van der Waals surface area (Å²) in [5.41, 5.74) is 1.23. The fraction of sp³-hybridized carbons (Fsp3) is 0.353. The molecule has 0 aliphatic rings. The third-order valence-corrected chi connectivity index (χ3v) is 4.18. The molecule has 1 aromatic heterocycles. The van der Waals surface area contributed by atoms with Gasteiger partial charge in [0.25, 0.3) is 0 Å². The quantitative estimate of drug-likeness (QED) is 0.759. The number of thiophene rings is 1. The summed E-state index contributed by atoms with van der Waals surface area (Å²) in [5.74, 6) is 1.05. The van der Waals surface area contributed by atoms with Gasteiger partial charge in [-0.15, -0.1) is 11.3 Å². The van der Waals surface area contributed by atoms with Crippen LogP contribution in [0.4, 0.5) is 0 Å². The molecule has 0 aliphatic carbocycles. The van der Waals surface area contributed by atoms with Crippen molar-refractivity contribution in [2.75, 3.05) is 13.7 Å². The summed E-state index contributed by atoms with van der Waals surface area (Å²) >= 11 is 1.62. The Morgan fingerprint density at radius 2 is 2.05 bits per heavy atom. The Hall–Kier alpha value is -1.81. The maximum absolute atomic E-state index is 11.7. The molecule has 0 atom stereocenters. The van der Waals surface area contributed by atoms with Crippen molar-refractivity contribution in [1.29, 1.82) is 0 Å². The molecule has 0 saturated carbocycles. The van der Waals surface area contributed by atoms with Crippen LogP contribution in [0.2, 0.25) is 0 Å². The number of carbonyl (C=O) groups excluding carboxylic acids is 1. The van der Waals surface area contributed by atoms with Crippen LogP contribution in [0.3, 0.4) is 0 Å². The number of methoxy groups -OCH3 is 1. The lowest BCUT2D eigenvalue weighted by molar-refractivity contribution is -0.120. The van der Waals surface area contributed by atoms with Gasteiger partial charge < -0.3 is 10.1 Å². The number of para-hydroxylation sites is 1. The van der Waals surface area contributed by atoms with Crippen molar-refractivity contribution < 1.29 is 9.53 Å². The zero-order valence-electron chi connectivity index (χ0n) is 12.3. The summed E-state index contributed by atoms with van der Waals surface area (Å²) in [6.45, 7) is 0.735. The fourth-order valence-corrected chi connectivity index (χ4v) is 2.92. The number of aryl methyl sites for hydroxylation is 1. The van der Waals surface area contributed by atoms with E-state index in [-0.39, 0.29) is 5.91 Å². The second-order valence-electron chi connectivity index (χ2n) is 4.88. The summed E-state index contributed by atoms with van der Waals surface area (Å²) in [5, 5.41) is 4.97. The van der Waals surface area contributed by atoms with Crippen LogP contribution in [0.15, 0.2) is 41.8 Å². The Bertz CT molecular complexity index is 552. The summed E-state index contributed by atoms with van der Waals surface area (Å²) in [6, 6.07) is 12.0. The normalized spacial score (nSPS) is 10.3. The molecule has 3 nitrogen and oxygen atoms in total. The Morgan fingerprint density at radius 3 is 2.81 bits per heavy atom. The molecule has 0 bridgehead atoms. The molecule has 4 heteroatoms. The summed E-state index contributed by atoms with van der Waals surface area (Å²) < 4.78 is 5.33. The molecular formula is C17H21NO2S. The minimum Gasteiger partial charge on any atom is -0.496 e. The predicted molar refractivity (Wildman–Crippen MR) is 87.0 cm³/mol. The molecule has 1 aromatic carbocycles. The monoisotopic (exact) mass is 303 g/mol. The second kappa shape index (κ2) is 8.47. The van der Waals surface area contributed by atoms with Crippen molar-refractivity contribution in [3.63, 3.8) is 0 Å². The van der Waals surface area contributed by atoms with Crippen LogP contribution in [0.1, 0.15) is 23.3 Å². The van der Waals surface area contributed by atoms with E-state index in [1.54, 1.807) is 18.4 Å². The number of amides is 1. The highest BCUT2D eigenvalue weighted by molar-refractivity contribution is 7.10. The summed E-state index contributed by atoms with van der Waals surface area (Å²) in [4.78, 5) is 12.8. The van der Waals surface area contributed by atoms with Crippen LogP contribution in [-0.2, 0) is 17.6 Å². The highest BCUT2D eigenvalue weighted by Crippen LogP contribution is 2.19. The number of hydrogen-bond donors (Lipinski definition) is 1. The Kier molecular flexibility index (Phi) is 6.28. The lowest BCUT2D eigenvalue weighted by Crippen LogP contribution is -2.25. The highest BCUT2D eigenvalue weighted by atomic mass is 32.1. The van der Waals surface area contributed by atoms with E-state index in [9.17, 15) is 4.79 Å². The van der Waals surface area contributed by atoms with Crippen molar-refractivity contribution >= 4 is 17.2 Å². The lowest BCUT2D eigenvalue weighted by Gasteiger charge is -2.08. The first-order chi connectivity index (χ1) is 10.3. The first-order valence-electron chi connectivity index (χ1n) is 7.20. The van der Waals surface area contributed by atoms with Gasteiger partial charge in [0.15, 0.2) is 0 Å². The number of carbonyl (C=O) groups is 1. The van der Waals surface area contributed by atoms with Crippen LogP contribution in [0.5, 0.6) is 5.75 Å². The minimum atomic E-state index is 0.106. The molecule has 2 rings (SSSR count). The van der Waals surface area contributed by atoms with E-state index >= 15 is 0 Å². The number of rotatable bonds is 8. The molecule has 1 heterocycles. The largest absolute Gasteiger partial charge is 0.496 e. The second-order valence-corrected chi connectivity index (χ2v) is 5.91. The maximum atomic E-state index is 11.7. The van der Waals surface area contributed by atoms with Gasteiger partial charge in [-0.25, -0.2) is 0 Å². The van der Waals surface area contributed by atoms with E-state index in [0.29, 0.717) is 6.42 Å². The molecule has 0 radical (unpaired) electrons. The molecule has 0 unspecified atom stereocenters. The zero-order valence-corrected chi connectivity index (χ0v) is 13.1. The maximum Gasteiger partial charge on any atom is 0.225 e. The number of nitrogens with one attached hydrogen (secondary N) is 1. The fourth-order valence-electron chi connectivity index (χ4n) is 2.21. The van der Waals surface area contributed by atoms with Crippen molar-refractivity contribution in [3.05, 3.63) is 52.2 Å². The van der Waals surface area contributed by atoms with Crippen LogP contribution >= 0.6 is 11.3 Å². The zero-order chi connectivity index (χ0) is 14.9. The average Bonchev–Trinajstić information content (AvgIpc) is 3.00. The third kappa shape index (κ3) is 5.23. The predicted octanol–water partition coefficient (Wildman–Crippen LogP) is 3.44. The first-order valence-corrected chi connectivity index (χ1v) is 8.08. The van der Waals surface area contributed by atoms with Gasteiger partial charge in [0.2, 0.25) is 5.91 Å². The molecule has 21 heavy (non-hydrogen) atoms. The van der Waals surface area contributed by atoms with Gasteiger partial charge in [0.05, 0.1) is 13.5 Å². The standard InChI is InChI=1S/C17H21NO2S/c1-20-16-10-3-2-7-14(16)8-4-5-11-18-17(19)13-15-9-6-12-21-15/h2-3,6-7,9-10,12H,4-5,8,11,13H2,1H3,(H,18,19). The van der Waals surface area contributed by atoms with Crippen molar-refractivity contribution in [3.8, 4) is 5.75 Å². The van der Waals surface area contributed by atoms with Crippen LogP contribution in [-0.4, -0.2) is 19.6 Å². The van der Waals surface area contributed by atoms with Gasteiger partial charge in [-0.2, -0.15) is 0 Å². The summed E-state index contributed by atoms with van der Waals surface area (Å²) in [7, 11) is 1.70. The van der Waals surface area contributed by atoms with Gasteiger partial charge in [-0.3, -0.25) is 4.79 Å². The van der Waals surface area contributed by atoms with Gasteiger partial charge in [0.1, 0.15) is 5.75 Å². The number of unbranched alkanes of at least 4 members (excludes halogenated alkanes) is 1. The molecule has 0 spiro atoms. The van der Waals surface area contributed by atoms with Gasteiger partial charge in [-0.1, -0.05) is 24.3 Å². The van der Waals surface area contributed by atoms with Crippen molar-refractivity contribution in [2.24, 2.45) is 0 Å². The number of ether oxygens (including phenoxy) is 1. The Balaban J connectivity index is 1.62. The minimum absolute atomic E-state index is 0.106. The highest BCUT2D eigenvalue weighted by Gasteiger charge is 2.04. The lowest BCUT2D eigenvalue weighted by atomic mass is 10.1. The van der Waals surface area contributed by atoms with Gasteiger partial charge in [-0.05, 0) is 42.3 Å². The average molecular weight is 303 g/mol. The molecular weight excluding hydrogens is 282 g/mol. The smallest absolute Gasteiger partial charge is 0.225 e. The first kappa shape index (κ1) is 15.6. The van der Waals surface area contributed by atoms with E-state index in [2.05, 4.69) is 11.4 Å². The van der Waals surface area contributed by atoms with Crippen molar-refractivity contribution in [1.82, 2.24) is 5.32 Å². The number of hydrogen-bond acceptors (Lipinski definition) is 3. The van der Waals surface area contributed by atoms with E-state index < -0.39 is 0 Å². The molecule has 112 valence electrons. The molecule has 1 amide bonds. The van der Waals surface area contributed by atoms with E-state index in [1.807, 2.05) is 35.7 Å². The molecule has 1 N–H and O–H groups in total. The molecule has 0 aliphatic heterocycles. The molecule has 0 fully saturated rings.